The van der Waals surface area contributed by atoms with E-state index in [0.29, 0.717) is 0 Å². The average molecular weight is 252 g/mol. The van der Waals surface area contributed by atoms with Crippen LogP contribution >= 0.6 is 23.3 Å². The molecular weight excluding hydrogens is 236 g/mol. The van der Waals surface area contributed by atoms with E-state index in [9.17, 15) is 0 Å². The van der Waals surface area contributed by atoms with Gasteiger partial charge >= 0.3 is 0 Å². The molecular formula is C12H16N2S2. The molecule has 0 aliphatic rings. The molecule has 1 aromatic carbocycles. The first kappa shape index (κ1) is 11.7. The molecule has 2 aromatic rings. The normalized spacial score (nSPS) is 11.9. The lowest BCUT2D eigenvalue weighted by Crippen LogP contribution is -2.25. The van der Waals surface area contributed by atoms with Crippen molar-refractivity contribution in [3.05, 3.63) is 24.3 Å². The predicted octanol–water partition coefficient (Wildman–Crippen LogP) is 3.85. The maximum absolute atomic E-state index is 4.42. The van der Waals surface area contributed by atoms with Crippen LogP contribution in [0.25, 0.3) is 10.9 Å². The molecule has 1 N–H and O–H groups in total. The van der Waals surface area contributed by atoms with E-state index in [4.69, 9.17) is 0 Å². The molecule has 0 spiro atoms. The summed E-state index contributed by atoms with van der Waals surface area (Å²) in [7, 11) is 0. The summed E-state index contributed by atoms with van der Waals surface area (Å²) in [4.78, 5) is 0. The highest BCUT2D eigenvalue weighted by Crippen LogP contribution is 2.29. The molecule has 0 unspecified atom stereocenters. The Morgan fingerprint density at radius 2 is 2.12 bits per heavy atom. The van der Waals surface area contributed by atoms with Gasteiger partial charge in [0.1, 0.15) is 5.00 Å². The highest BCUT2D eigenvalue weighted by Gasteiger charge is 2.16. The molecule has 0 atom stereocenters. The summed E-state index contributed by atoms with van der Waals surface area (Å²) >= 11 is 3.42. The van der Waals surface area contributed by atoms with Crippen molar-refractivity contribution in [2.45, 2.75) is 18.6 Å². The van der Waals surface area contributed by atoms with Gasteiger partial charge in [-0.3, -0.25) is 0 Å². The van der Waals surface area contributed by atoms with Gasteiger partial charge in [0.05, 0.1) is 5.52 Å². The van der Waals surface area contributed by atoms with Crippen LogP contribution in [0.1, 0.15) is 13.8 Å². The minimum absolute atomic E-state index is 0.255. The standard InChI is InChI=1S/C12H16N2S2/c1-12(2,15-3)8-13-11-9-6-4-5-7-10(9)14-16-11/h4-7,13H,8H2,1-3H3. The van der Waals surface area contributed by atoms with Gasteiger partial charge in [-0.1, -0.05) is 12.1 Å². The largest absolute Gasteiger partial charge is 0.374 e. The molecule has 0 aliphatic heterocycles. The Morgan fingerprint density at radius 1 is 1.38 bits per heavy atom. The summed E-state index contributed by atoms with van der Waals surface area (Å²) in [6, 6.07) is 8.25. The fourth-order valence-corrected chi connectivity index (χ4v) is 2.36. The lowest BCUT2D eigenvalue weighted by atomic mass is 10.2. The van der Waals surface area contributed by atoms with Crippen molar-refractivity contribution in [2.75, 3.05) is 18.1 Å². The first-order chi connectivity index (χ1) is 7.62. The molecule has 0 saturated heterocycles. The van der Waals surface area contributed by atoms with Crippen LogP contribution in [-0.4, -0.2) is 21.9 Å². The molecule has 1 heterocycles. The second-order valence-corrected chi connectivity index (χ2v) is 6.63. The van der Waals surface area contributed by atoms with Crippen molar-refractivity contribution in [1.82, 2.24) is 4.37 Å². The van der Waals surface area contributed by atoms with Crippen LogP contribution in [0.3, 0.4) is 0 Å². The predicted molar refractivity (Wildman–Crippen MR) is 75.7 cm³/mol. The van der Waals surface area contributed by atoms with E-state index in [-0.39, 0.29) is 4.75 Å². The highest BCUT2D eigenvalue weighted by atomic mass is 32.2. The second kappa shape index (κ2) is 4.63. The summed E-state index contributed by atoms with van der Waals surface area (Å²) in [5, 5.41) is 5.90. The Morgan fingerprint density at radius 3 is 2.88 bits per heavy atom. The molecule has 0 fully saturated rings. The fraction of sp³-hybridized carbons (Fsp3) is 0.417. The van der Waals surface area contributed by atoms with Crippen molar-refractivity contribution in [3.8, 4) is 0 Å². The molecule has 16 heavy (non-hydrogen) atoms. The fourth-order valence-electron chi connectivity index (χ4n) is 1.38. The van der Waals surface area contributed by atoms with E-state index in [2.05, 4.69) is 48.0 Å². The molecule has 0 radical (unpaired) electrons. The number of hydrogen-bond donors (Lipinski definition) is 1. The maximum Gasteiger partial charge on any atom is 0.117 e. The third kappa shape index (κ3) is 2.50. The minimum atomic E-state index is 0.255. The van der Waals surface area contributed by atoms with E-state index in [1.54, 1.807) is 11.5 Å². The number of thioether (sulfide) groups is 1. The number of nitrogens with one attached hydrogen (secondary N) is 1. The molecule has 0 amide bonds. The zero-order chi connectivity index (χ0) is 11.6. The van der Waals surface area contributed by atoms with Crippen molar-refractivity contribution in [1.29, 1.82) is 0 Å². The van der Waals surface area contributed by atoms with E-state index < -0.39 is 0 Å². The van der Waals surface area contributed by atoms with Gasteiger partial charge in [-0.15, -0.1) is 0 Å². The van der Waals surface area contributed by atoms with Crippen LogP contribution in [-0.2, 0) is 0 Å². The topological polar surface area (TPSA) is 24.9 Å². The van der Waals surface area contributed by atoms with Crippen LogP contribution in [0.5, 0.6) is 0 Å². The third-order valence-corrected chi connectivity index (χ3v) is 4.70. The summed E-state index contributed by atoms with van der Waals surface area (Å²) < 4.78 is 4.67. The summed E-state index contributed by atoms with van der Waals surface area (Å²) in [6.45, 7) is 5.45. The Kier molecular flexibility index (Phi) is 3.40. The summed E-state index contributed by atoms with van der Waals surface area (Å²) in [5.41, 5.74) is 1.08. The number of fused-ring (bicyclic) bond motifs is 1. The van der Waals surface area contributed by atoms with Crippen LogP contribution in [0.2, 0.25) is 0 Å². The van der Waals surface area contributed by atoms with Crippen LogP contribution in [0.4, 0.5) is 5.00 Å². The van der Waals surface area contributed by atoms with Gasteiger partial charge in [0, 0.05) is 16.7 Å². The molecule has 2 nitrogen and oxygen atoms in total. The van der Waals surface area contributed by atoms with Gasteiger partial charge in [0.15, 0.2) is 0 Å². The number of nitrogens with zero attached hydrogens (tertiary/aromatic N) is 1. The van der Waals surface area contributed by atoms with Crippen molar-refractivity contribution < 1.29 is 0 Å². The number of hydrogen-bond acceptors (Lipinski definition) is 4. The molecule has 0 bridgehead atoms. The highest BCUT2D eigenvalue weighted by molar-refractivity contribution is 7.99. The Hall–Kier alpha value is -0.740. The van der Waals surface area contributed by atoms with Gasteiger partial charge in [-0.2, -0.15) is 16.1 Å². The van der Waals surface area contributed by atoms with Crippen LogP contribution < -0.4 is 5.32 Å². The maximum atomic E-state index is 4.42. The van der Waals surface area contributed by atoms with Crippen molar-refractivity contribution >= 4 is 39.2 Å². The Balaban J connectivity index is 2.16. The third-order valence-electron chi connectivity index (χ3n) is 2.61. The monoisotopic (exact) mass is 252 g/mol. The molecule has 0 saturated carbocycles. The first-order valence-corrected chi connectivity index (χ1v) is 7.26. The Bertz CT molecular complexity index is 477. The van der Waals surface area contributed by atoms with E-state index in [0.717, 1.165) is 12.1 Å². The Labute approximate surface area is 105 Å². The van der Waals surface area contributed by atoms with E-state index >= 15 is 0 Å². The van der Waals surface area contributed by atoms with Crippen LogP contribution in [0.15, 0.2) is 24.3 Å². The van der Waals surface area contributed by atoms with E-state index in [1.807, 2.05) is 17.8 Å². The average Bonchev–Trinajstić information content (AvgIpc) is 2.70. The number of benzene rings is 1. The first-order valence-electron chi connectivity index (χ1n) is 5.26. The smallest absolute Gasteiger partial charge is 0.117 e. The lowest BCUT2D eigenvalue weighted by Gasteiger charge is -2.22. The quantitative estimate of drug-likeness (QED) is 0.894. The molecule has 2 rings (SSSR count). The lowest BCUT2D eigenvalue weighted by molar-refractivity contribution is 0.754. The van der Waals surface area contributed by atoms with Gasteiger partial charge in [-0.05, 0) is 43.8 Å². The van der Waals surface area contributed by atoms with Gasteiger partial charge in [0.25, 0.3) is 0 Å². The van der Waals surface area contributed by atoms with Crippen molar-refractivity contribution in [3.63, 3.8) is 0 Å². The van der Waals surface area contributed by atoms with Gasteiger partial charge < -0.3 is 5.32 Å². The molecule has 0 aliphatic carbocycles. The second-order valence-electron chi connectivity index (χ2n) is 4.35. The number of aromatic nitrogens is 1. The van der Waals surface area contributed by atoms with E-state index in [1.165, 1.54) is 10.4 Å². The molecule has 4 heteroatoms. The zero-order valence-corrected chi connectivity index (χ0v) is 11.4. The molecule has 1 aromatic heterocycles. The molecule has 86 valence electrons. The number of anilines is 1. The summed E-state index contributed by atoms with van der Waals surface area (Å²) in [5.74, 6) is 0. The van der Waals surface area contributed by atoms with Crippen molar-refractivity contribution in [2.24, 2.45) is 0 Å². The van der Waals surface area contributed by atoms with Gasteiger partial charge in [-0.25, -0.2) is 0 Å². The zero-order valence-electron chi connectivity index (χ0n) is 9.78. The van der Waals surface area contributed by atoms with Gasteiger partial charge in [0.2, 0.25) is 0 Å². The number of rotatable bonds is 4. The SMILES string of the molecule is CSC(C)(C)CNc1snc2ccccc12. The minimum Gasteiger partial charge on any atom is -0.374 e. The van der Waals surface area contributed by atoms with Crippen LogP contribution in [0, 0.1) is 0 Å². The summed E-state index contributed by atoms with van der Waals surface area (Å²) in [6.07, 6.45) is 2.15.